The van der Waals surface area contributed by atoms with Crippen LogP contribution >= 0.6 is 11.8 Å². The van der Waals surface area contributed by atoms with Crippen molar-refractivity contribution in [1.82, 2.24) is 4.90 Å². The third kappa shape index (κ3) is 5.26. The first-order valence-electron chi connectivity index (χ1n) is 11.0. The molecule has 1 saturated heterocycles. The highest BCUT2D eigenvalue weighted by Crippen LogP contribution is 2.35. The smallest absolute Gasteiger partial charge is 0.293 e. The number of amides is 2. The summed E-state index contributed by atoms with van der Waals surface area (Å²) in [7, 11) is 0. The van der Waals surface area contributed by atoms with Gasteiger partial charge in [-0.25, -0.2) is 0 Å². The zero-order valence-corrected chi connectivity index (χ0v) is 19.7. The number of carbonyl (C=O) groups excluding carboxylic acids is 2. The summed E-state index contributed by atoms with van der Waals surface area (Å²) in [6, 6.07) is 19.1. The van der Waals surface area contributed by atoms with Crippen LogP contribution in [0.25, 0.3) is 16.8 Å². The molecule has 0 aliphatic carbocycles. The number of hydrogen-bond acceptors (Lipinski definition) is 6. The fraction of sp³-hybridized carbons (Fsp3) is 0.185. The van der Waals surface area contributed by atoms with Gasteiger partial charge in [-0.3, -0.25) is 14.5 Å². The molecular formula is C27H25NO5S. The molecule has 7 heteroatoms. The fourth-order valence-electron chi connectivity index (χ4n) is 3.56. The molecule has 1 heterocycles. The van der Waals surface area contributed by atoms with E-state index in [9.17, 15) is 9.59 Å². The number of benzene rings is 3. The predicted molar refractivity (Wildman–Crippen MR) is 135 cm³/mol. The largest absolute Gasteiger partial charge is 0.491 e. The predicted octanol–water partition coefficient (Wildman–Crippen LogP) is 5.92. The summed E-state index contributed by atoms with van der Waals surface area (Å²) in [5.74, 6) is 1.56. The molecule has 174 valence electrons. The molecule has 1 fully saturated rings. The lowest BCUT2D eigenvalue weighted by molar-refractivity contribution is -0.123. The van der Waals surface area contributed by atoms with Crippen molar-refractivity contribution in [3.8, 4) is 17.2 Å². The van der Waals surface area contributed by atoms with E-state index in [1.807, 2.05) is 55.5 Å². The Morgan fingerprint density at radius 2 is 1.76 bits per heavy atom. The number of fused-ring (bicyclic) bond motifs is 1. The Hall–Kier alpha value is -3.71. The lowest BCUT2D eigenvalue weighted by Gasteiger charge is -2.14. The number of nitrogens with zero attached hydrogens (tertiary/aromatic N) is 1. The number of imide groups is 1. The molecule has 6 nitrogen and oxygen atoms in total. The lowest BCUT2D eigenvalue weighted by Crippen LogP contribution is -2.32. The number of ether oxygens (including phenoxy) is 3. The molecule has 3 aromatic carbocycles. The Balaban J connectivity index is 1.44. The number of rotatable bonds is 10. The topological polar surface area (TPSA) is 65.1 Å². The SMILES string of the molecule is C=CCOc1ccc(/C=C2\SC(=O)N(CCOc3cccc4ccccc34)C2=O)cc1OCC. The minimum absolute atomic E-state index is 0.170. The first-order valence-corrected chi connectivity index (χ1v) is 11.8. The van der Waals surface area contributed by atoms with Crippen LogP contribution in [-0.2, 0) is 4.79 Å². The van der Waals surface area contributed by atoms with Gasteiger partial charge in [-0.15, -0.1) is 0 Å². The highest BCUT2D eigenvalue weighted by atomic mass is 32.2. The maximum absolute atomic E-state index is 12.9. The summed E-state index contributed by atoms with van der Waals surface area (Å²) >= 11 is 0.920. The Kier molecular flexibility index (Phi) is 7.54. The van der Waals surface area contributed by atoms with E-state index in [0.29, 0.717) is 29.6 Å². The molecule has 0 radical (unpaired) electrons. The first kappa shape index (κ1) is 23.4. The van der Waals surface area contributed by atoms with E-state index >= 15 is 0 Å². The second-order valence-corrected chi connectivity index (χ2v) is 8.39. The van der Waals surface area contributed by atoms with E-state index in [-0.39, 0.29) is 24.3 Å². The van der Waals surface area contributed by atoms with Crippen LogP contribution in [0.4, 0.5) is 4.79 Å². The molecule has 0 bridgehead atoms. The Morgan fingerprint density at radius 3 is 2.59 bits per heavy atom. The summed E-state index contributed by atoms with van der Waals surface area (Å²) in [4.78, 5) is 27.0. The van der Waals surface area contributed by atoms with Crippen LogP contribution in [0.15, 0.2) is 78.2 Å². The molecular weight excluding hydrogens is 450 g/mol. The van der Waals surface area contributed by atoms with Crippen molar-refractivity contribution >= 4 is 39.8 Å². The van der Waals surface area contributed by atoms with E-state index in [4.69, 9.17) is 14.2 Å². The van der Waals surface area contributed by atoms with Crippen molar-refractivity contribution in [2.45, 2.75) is 6.92 Å². The van der Waals surface area contributed by atoms with Crippen molar-refractivity contribution in [3.05, 3.63) is 83.8 Å². The van der Waals surface area contributed by atoms with Gasteiger partial charge in [0.15, 0.2) is 11.5 Å². The second kappa shape index (κ2) is 10.9. The molecule has 0 aromatic heterocycles. The molecule has 0 unspecified atom stereocenters. The molecule has 4 rings (SSSR count). The van der Waals surface area contributed by atoms with Gasteiger partial charge in [-0.2, -0.15) is 0 Å². The van der Waals surface area contributed by atoms with Gasteiger partial charge in [0.1, 0.15) is 19.0 Å². The summed E-state index contributed by atoms with van der Waals surface area (Å²) in [6.45, 7) is 6.75. The van der Waals surface area contributed by atoms with Gasteiger partial charge in [0, 0.05) is 5.39 Å². The first-order chi connectivity index (χ1) is 16.6. The van der Waals surface area contributed by atoms with Crippen LogP contribution < -0.4 is 14.2 Å². The van der Waals surface area contributed by atoms with Crippen molar-refractivity contribution < 1.29 is 23.8 Å². The minimum Gasteiger partial charge on any atom is -0.491 e. The van der Waals surface area contributed by atoms with Crippen molar-refractivity contribution in [3.63, 3.8) is 0 Å². The Labute approximate surface area is 202 Å². The summed E-state index contributed by atoms with van der Waals surface area (Å²) in [5.41, 5.74) is 0.743. The maximum atomic E-state index is 12.9. The average Bonchev–Trinajstić information content (AvgIpc) is 3.11. The number of hydrogen-bond donors (Lipinski definition) is 0. The van der Waals surface area contributed by atoms with Crippen LogP contribution in [0.3, 0.4) is 0 Å². The highest BCUT2D eigenvalue weighted by Gasteiger charge is 2.34. The lowest BCUT2D eigenvalue weighted by atomic mass is 10.1. The van der Waals surface area contributed by atoms with Gasteiger partial charge in [0.2, 0.25) is 0 Å². The van der Waals surface area contributed by atoms with Crippen LogP contribution in [0.5, 0.6) is 17.2 Å². The monoisotopic (exact) mass is 475 g/mol. The molecule has 0 saturated carbocycles. The van der Waals surface area contributed by atoms with Gasteiger partial charge in [0.05, 0.1) is 18.1 Å². The summed E-state index contributed by atoms with van der Waals surface area (Å²) in [6.07, 6.45) is 3.35. The van der Waals surface area contributed by atoms with Crippen LogP contribution in [-0.4, -0.2) is 42.4 Å². The normalized spacial score (nSPS) is 14.6. The van der Waals surface area contributed by atoms with Crippen LogP contribution in [0, 0.1) is 0 Å². The molecule has 34 heavy (non-hydrogen) atoms. The third-order valence-corrected chi connectivity index (χ3v) is 6.03. The van der Waals surface area contributed by atoms with E-state index in [2.05, 4.69) is 6.58 Å². The molecule has 1 aliphatic heterocycles. The van der Waals surface area contributed by atoms with E-state index in [1.165, 1.54) is 4.90 Å². The number of thioether (sulfide) groups is 1. The summed E-state index contributed by atoms with van der Waals surface area (Å²) < 4.78 is 17.2. The molecule has 0 spiro atoms. The number of carbonyl (C=O) groups is 2. The van der Waals surface area contributed by atoms with Gasteiger partial charge >= 0.3 is 0 Å². The quantitative estimate of drug-likeness (QED) is 0.268. The van der Waals surface area contributed by atoms with Crippen LogP contribution in [0.2, 0.25) is 0 Å². The van der Waals surface area contributed by atoms with Gasteiger partial charge in [0.25, 0.3) is 11.1 Å². The Morgan fingerprint density at radius 1 is 0.941 bits per heavy atom. The third-order valence-electron chi connectivity index (χ3n) is 5.12. The van der Waals surface area contributed by atoms with E-state index in [0.717, 1.165) is 33.8 Å². The van der Waals surface area contributed by atoms with Crippen molar-refractivity contribution in [2.24, 2.45) is 0 Å². The molecule has 1 aliphatic rings. The van der Waals surface area contributed by atoms with Gasteiger partial charge in [-0.05, 0) is 53.9 Å². The highest BCUT2D eigenvalue weighted by molar-refractivity contribution is 8.18. The molecule has 3 aromatic rings. The summed E-state index contributed by atoms with van der Waals surface area (Å²) in [5, 5.41) is 1.75. The molecule has 0 N–H and O–H groups in total. The van der Waals surface area contributed by atoms with Gasteiger partial charge in [-0.1, -0.05) is 55.1 Å². The van der Waals surface area contributed by atoms with Crippen molar-refractivity contribution in [2.75, 3.05) is 26.4 Å². The van der Waals surface area contributed by atoms with E-state index < -0.39 is 0 Å². The fourth-order valence-corrected chi connectivity index (χ4v) is 4.43. The zero-order valence-electron chi connectivity index (χ0n) is 18.9. The molecule has 2 amide bonds. The average molecular weight is 476 g/mol. The maximum Gasteiger partial charge on any atom is 0.293 e. The van der Waals surface area contributed by atoms with Crippen LogP contribution in [0.1, 0.15) is 12.5 Å². The van der Waals surface area contributed by atoms with E-state index in [1.54, 1.807) is 24.3 Å². The standard InChI is InChI=1S/C27H25NO5S/c1-3-15-32-23-13-12-19(17-24(23)31-4-2)18-25-26(29)28(27(30)34-25)14-16-33-22-11-7-9-20-8-5-6-10-21(20)22/h3,5-13,17-18H,1,4,14-16H2,2H3/b25-18-. The van der Waals surface area contributed by atoms with Crippen molar-refractivity contribution in [1.29, 1.82) is 0 Å². The zero-order chi connectivity index (χ0) is 23.9. The minimum atomic E-state index is -0.332. The molecule has 0 atom stereocenters. The second-order valence-electron chi connectivity index (χ2n) is 7.40. The Bertz CT molecular complexity index is 1250. The van der Waals surface area contributed by atoms with Gasteiger partial charge < -0.3 is 14.2 Å².